The first-order chi connectivity index (χ1) is 9.24. The summed E-state index contributed by atoms with van der Waals surface area (Å²) in [5.74, 6) is 0. The van der Waals surface area contributed by atoms with Crippen LogP contribution in [0.1, 0.15) is 31.4 Å². The van der Waals surface area contributed by atoms with Crippen LogP contribution in [-0.2, 0) is 4.74 Å². The number of nitriles is 1. The number of aliphatic hydroxyl groups excluding tert-OH is 1. The van der Waals surface area contributed by atoms with Crippen LogP contribution >= 0.6 is 0 Å². The lowest BCUT2D eigenvalue weighted by Crippen LogP contribution is -2.29. The zero-order valence-electron chi connectivity index (χ0n) is 11.7. The first kappa shape index (κ1) is 15.5. The molecular formula is C15H22N2O2. The highest BCUT2D eigenvalue weighted by molar-refractivity contribution is 5.54. The van der Waals surface area contributed by atoms with Crippen molar-refractivity contribution in [3.8, 4) is 6.07 Å². The summed E-state index contributed by atoms with van der Waals surface area (Å²) >= 11 is 0. The number of benzene rings is 1. The van der Waals surface area contributed by atoms with Gasteiger partial charge >= 0.3 is 0 Å². The molecule has 0 spiro atoms. The second-order valence-electron chi connectivity index (χ2n) is 4.37. The number of anilines is 1. The molecule has 0 saturated heterocycles. The van der Waals surface area contributed by atoms with Crippen molar-refractivity contribution >= 4 is 5.69 Å². The van der Waals surface area contributed by atoms with Crippen molar-refractivity contribution in [3.05, 3.63) is 29.8 Å². The second-order valence-corrected chi connectivity index (χ2v) is 4.37. The minimum absolute atomic E-state index is 0.459. The Morgan fingerprint density at radius 2 is 2.11 bits per heavy atom. The molecule has 0 saturated carbocycles. The Morgan fingerprint density at radius 3 is 2.74 bits per heavy atom. The SMILES string of the molecule is CCC(O)c1ccccc1N(CCC#N)CCOC. The number of hydrogen-bond donors (Lipinski definition) is 1. The number of nitrogens with zero attached hydrogens (tertiary/aromatic N) is 2. The summed E-state index contributed by atoms with van der Waals surface area (Å²) < 4.78 is 5.11. The van der Waals surface area contributed by atoms with Crippen LogP contribution in [0.2, 0.25) is 0 Å². The summed E-state index contributed by atoms with van der Waals surface area (Å²) in [6.07, 6.45) is 0.663. The van der Waals surface area contributed by atoms with Gasteiger partial charge in [0.15, 0.2) is 0 Å². The van der Waals surface area contributed by atoms with Gasteiger partial charge in [0.05, 0.1) is 25.2 Å². The molecule has 1 rings (SSSR count). The van der Waals surface area contributed by atoms with Crippen LogP contribution in [0.5, 0.6) is 0 Å². The molecule has 0 fully saturated rings. The lowest BCUT2D eigenvalue weighted by molar-refractivity contribution is 0.173. The van der Waals surface area contributed by atoms with Crippen LogP contribution in [0.4, 0.5) is 5.69 Å². The summed E-state index contributed by atoms with van der Waals surface area (Å²) in [7, 11) is 1.66. The molecule has 104 valence electrons. The monoisotopic (exact) mass is 262 g/mol. The van der Waals surface area contributed by atoms with Gasteiger partial charge in [0, 0.05) is 31.5 Å². The van der Waals surface area contributed by atoms with Crippen molar-refractivity contribution in [2.75, 3.05) is 31.7 Å². The van der Waals surface area contributed by atoms with E-state index in [4.69, 9.17) is 10.00 Å². The van der Waals surface area contributed by atoms with Gasteiger partial charge in [0.2, 0.25) is 0 Å². The van der Waals surface area contributed by atoms with Gasteiger partial charge in [0.1, 0.15) is 0 Å². The molecule has 0 amide bonds. The van der Waals surface area contributed by atoms with Crippen molar-refractivity contribution in [1.29, 1.82) is 5.26 Å². The van der Waals surface area contributed by atoms with Crippen molar-refractivity contribution in [2.45, 2.75) is 25.9 Å². The molecule has 1 aromatic carbocycles. The molecule has 0 aliphatic rings. The molecule has 4 heteroatoms. The largest absolute Gasteiger partial charge is 0.388 e. The van der Waals surface area contributed by atoms with Gasteiger partial charge in [-0.3, -0.25) is 0 Å². The molecule has 4 nitrogen and oxygen atoms in total. The van der Waals surface area contributed by atoms with Crippen molar-refractivity contribution < 1.29 is 9.84 Å². The fourth-order valence-electron chi connectivity index (χ4n) is 2.02. The number of hydrogen-bond acceptors (Lipinski definition) is 4. The normalized spacial score (nSPS) is 11.9. The summed E-state index contributed by atoms with van der Waals surface area (Å²) in [5.41, 5.74) is 1.91. The Kier molecular flexibility index (Phi) is 6.94. The Balaban J connectivity index is 2.96. The smallest absolute Gasteiger partial charge is 0.0807 e. The van der Waals surface area contributed by atoms with Crippen LogP contribution in [0.3, 0.4) is 0 Å². The lowest BCUT2D eigenvalue weighted by Gasteiger charge is -2.27. The molecule has 0 aromatic heterocycles. The number of methoxy groups -OCH3 is 1. The molecule has 1 unspecified atom stereocenters. The molecule has 1 aromatic rings. The number of para-hydroxylation sites is 1. The van der Waals surface area contributed by atoms with E-state index >= 15 is 0 Å². The number of rotatable bonds is 8. The van der Waals surface area contributed by atoms with E-state index in [1.807, 2.05) is 31.2 Å². The van der Waals surface area contributed by atoms with Crippen LogP contribution in [0, 0.1) is 11.3 Å². The highest BCUT2D eigenvalue weighted by Crippen LogP contribution is 2.28. The molecule has 0 radical (unpaired) electrons. The fourth-order valence-corrected chi connectivity index (χ4v) is 2.02. The summed E-state index contributed by atoms with van der Waals surface area (Å²) in [6.45, 7) is 3.91. The Hall–Kier alpha value is -1.57. The van der Waals surface area contributed by atoms with Gasteiger partial charge in [0.25, 0.3) is 0 Å². The Labute approximate surface area is 115 Å². The molecule has 0 aliphatic heterocycles. The molecular weight excluding hydrogens is 240 g/mol. The quantitative estimate of drug-likeness (QED) is 0.782. The van der Waals surface area contributed by atoms with Crippen molar-refractivity contribution in [1.82, 2.24) is 0 Å². The summed E-state index contributed by atoms with van der Waals surface area (Å²) in [6, 6.07) is 9.97. The van der Waals surface area contributed by atoms with Crippen molar-refractivity contribution in [2.24, 2.45) is 0 Å². The van der Waals surface area contributed by atoms with Gasteiger partial charge in [-0.2, -0.15) is 5.26 Å². The molecule has 19 heavy (non-hydrogen) atoms. The molecule has 0 aliphatic carbocycles. The van der Waals surface area contributed by atoms with Crippen LogP contribution in [0.25, 0.3) is 0 Å². The van der Waals surface area contributed by atoms with Gasteiger partial charge in [-0.25, -0.2) is 0 Å². The maximum atomic E-state index is 10.1. The predicted octanol–water partition coefficient (Wildman–Crippen LogP) is 2.50. The van der Waals surface area contributed by atoms with E-state index in [-0.39, 0.29) is 0 Å². The zero-order valence-corrected chi connectivity index (χ0v) is 11.7. The average molecular weight is 262 g/mol. The third-order valence-electron chi connectivity index (χ3n) is 3.08. The molecule has 1 N–H and O–H groups in total. The zero-order chi connectivity index (χ0) is 14.1. The molecule has 1 atom stereocenters. The average Bonchev–Trinajstić information content (AvgIpc) is 2.47. The minimum atomic E-state index is -0.469. The van der Waals surface area contributed by atoms with Crippen LogP contribution in [-0.4, -0.2) is 31.9 Å². The second kappa shape index (κ2) is 8.52. The first-order valence-corrected chi connectivity index (χ1v) is 6.62. The van der Waals surface area contributed by atoms with E-state index in [1.165, 1.54) is 0 Å². The van der Waals surface area contributed by atoms with Crippen molar-refractivity contribution in [3.63, 3.8) is 0 Å². The third kappa shape index (κ3) is 4.55. The maximum absolute atomic E-state index is 10.1. The Bertz CT molecular complexity index is 415. The highest BCUT2D eigenvalue weighted by atomic mass is 16.5. The van der Waals surface area contributed by atoms with E-state index in [1.54, 1.807) is 7.11 Å². The summed E-state index contributed by atoms with van der Waals surface area (Å²) in [5, 5.41) is 18.8. The van der Waals surface area contributed by atoms with E-state index in [0.29, 0.717) is 32.5 Å². The molecule has 0 heterocycles. The van der Waals surface area contributed by atoms with Crippen LogP contribution < -0.4 is 4.90 Å². The van der Waals surface area contributed by atoms with E-state index in [0.717, 1.165) is 11.3 Å². The highest BCUT2D eigenvalue weighted by Gasteiger charge is 2.15. The Morgan fingerprint density at radius 1 is 1.37 bits per heavy atom. The number of aliphatic hydroxyl groups is 1. The fraction of sp³-hybridized carbons (Fsp3) is 0.533. The van der Waals surface area contributed by atoms with E-state index in [2.05, 4.69) is 11.0 Å². The van der Waals surface area contributed by atoms with Gasteiger partial charge < -0.3 is 14.7 Å². The van der Waals surface area contributed by atoms with Gasteiger partial charge in [-0.1, -0.05) is 25.1 Å². The number of ether oxygens (including phenoxy) is 1. The summed E-state index contributed by atoms with van der Waals surface area (Å²) in [4.78, 5) is 2.10. The van der Waals surface area contributed by atoms with E-state index in [9.17, 15) is 5.11 Å². The van der Waals surface area contributed by atoms with Gasteiger partial charge in [-0.05, 0) is 12.5 Å². The van der Waals surface area contributed by atoms with Gasteiger partial charge in [-0.15, -0.1) is 0 Å². The minimum Gasteiger partial charge on any atom is -0.388 e. The third-order valence-corrected chi connectivity index (χ3v) is 3.08. The van der Waals surface area contributed by atoms with E-state index < -0.39 is 6.10 Å². The standard InChI is InChI=1S/C15H22N2O2/c1-3-15(18)13-7-4-5-8-14(13)17(10-6-9-16)11-12-19-2/h4-5,7-8,15,18H,3,6,10-12H2,1-2H3. The lowest BCUT2D eigenvalue weighted by atomic mass is 10.0. The van der Waals surface area contributed by atoms with Crippen LogP contribution in [0.15, 0.2) is 24.3 Å². The molecule has 0 bridgehead atoms. The topological polar surface area (TPSA) is 56.5 Å². The predicted molar refractivity (Wildman–Crippen MR) is 76.0 cm³/mol. The maximum Gasteiger partial charge on any atom is 0.0807 e. The first-order valence-electron chi connectivity index (χ1n) is 6.62.